The van der Waals surface area contributed by atoms with Crippen LogP contribution in [0.1, 0.15) is 28.1 Å². The van der Waals surface area contributed by atoms with Crippen molar-refractivity contribution in [2.75, 3.05) is 6.54 Å². The van der Waals surface area contributed by atoms with Crippen molar-refractivity contribution in [2.24, 2.45) is 0 Å². The zero-order chi connectivity index (χ0) is 15.7. The number of benzene rings is 1. The van der Waals surface area contributed by atoms with Crippen molar-refractivity contribution in [3.63, 3.8) is 0 Å². The maximum atomic E-state index is 12.3. The average molecular weight is 315 g/mol. The van der Waals surface area contributed by atoms with Gasteiger partial charge in [-0.15, -0.1) is 11.3 Å². The third-order valence-corrected chi connectivity index (χ3v) is 4.63. The molecule has 2 heterocycles. The summed E-state index contributed by atoms with van der Waals surface area (Å²) in [6, 6.07) is 13.2. The van der Waals surface area contributed by atoms with Crippen LogP contribution in [0.15, 0.2) is 46.9 Å². The van der Waals surface area contributed by atoms with Gasteiger partial charge in [0, 0.05) is 4.70 Å². The molecule has 4 nitrogen and oxygen atoms in total. The van der Waals surface area contributed by atoms with E-state index >= 15 is 0 Å². The molecule has 114 valence electrons. The molecular weight excluding hydrogens is 298 g/mol. The van der Waals surface area contributed by atoms with Crippen LogP contribution in [-0.2, 0) is 5.60 Å². The lowest BCUT2D eigenvalue weighted by atomic mass is 10.0. The van der Waals surface area contributed by atoms with E-state index in [1.54, 1.807) is 19.1 Å². The zero-order valence-corrected chi connectivity index (χ0v) is 13.2. The van der Waals surface area contributed by atoms with Gasteiger partial charge in [0.2, 0.25) is 0 Å². The van der Waals surface area contributed by atoms with E-state index in [4.69, 9.17) is 4.42 Å². The van der Waals surface area contributed by atoms with Crippen LogP contribution in [0.25, 0.3) is 10.1 Å². The number of nitrogens with one attached hydrogen (secondary N) is 1. The van der Waals surface area contributed by atoms with Crippen molar-refractivity contribution >= 4 is 27.3 Å². The second kappa shape index (κ2) is 5.59. The number of rotatable bonds is 4. The molecule has 5 heteroatoms. The van der Waals surface area contributed by atoms with E-state index in [1.807, 2.05) is 37.3 Å². The van der Waals surface area contributed by atoms with Gasteiger partial charge in [-0.25, -0.2) is 0 Å². The molecule has 22 heavy (non-hydrogen) atoms. The molecule has 1 aromatic carbocycles. The lowest BCUT2D eigenvalue weighted by Gasteiger charge is -2.21. The first-order valence-corrected chi connectivity index (χ1v) is 7.83. The average Bonchev–Trinajstić information content (AvgIpc) is 3.11. The molecule has 3 aromatic rings. The molecule has 0 aliphatic heterocycles. The Kier molecular flexibility index (Phi) is 3.76. The molecule has 0 radical (unpaired) electrons. The van der Waals surface area contributed by atoms with Gasteiger partial charge in [-0.05, 0) is 43.5 Å². The van der Waals surface area contributed by atoms with Gasteiger partial charge in [0.1, 0.15) is 17.1 Å². The number of aliphatic hydroxyl groups is 1. The van der Waals surface area contributed by atoms with Crippen molar-refractivity contribution in [1.82, 2.24) is 5.32 Å². The lowest BCUT2D eigenvalue weighted by Crippen LogP contribution is -2.38. The molecule has 1 atom stereocenters. The SMILES string of the molecule is Cc1ccc(C(C)(O)CNC(=O)c2cc3ccccc3s2)o1. The Hall–Kier alpha value is -2.11. The summed E-state index contributed by atoms with van der Waals surface area (Å²) in [7, 11) is 0. The number of carbonyl (C=O) groups is 1. The Balaban J connectivity index is 1.71. The minimum absolute atomic E-state index is 0.0903. The fourth-order valence-corrected chi connectivity index (χ4v) is 3.22. The van der Waals surface area contributed by atoms with E-state index in [2.05, 4.69) is 5.32 Å². The van der Waals surface area contributed by atoms with Crippen LogP contribution in [0.4, 0.5) is 0 Å². The van der Waals surface area contributed by atoms with Crippen LogP contribution < -0.4 is 5.32 Å². The number of hydrogen-bond donors (Lipinski definition) is 2. The Morgan fingerprint density at radius 2 is 2.09 bits per heavy atom. The van der Waals surface area contributed by atoms with Gasteiger partial charge in [-0.3, -0.25) is 4.79 Å². The van der Waals surface area contributed by atoms with Crippen LogP contribution in [0.5, 0.6) is 0 Å². The fraction of sp³-hybridized carbons (Fsp3) is 0.235. The van der Waals surface area contributed by atoms with Gasteiger partial charge in [0.05, 0.1) is 11.4 Å². The highest BCUT2D eigenvalue weighted by molar-refractivity contribution is 7.20. The van der Waals surface area contributed by atoms with Crippen LogP contribution >= 0.6 is 11.3 Å². The highest BCUT2D eigenvalue weighted by atomic mass is 32.1. The molecule has 1 unspecified atom stereocenters. The zero-order valence-electron chi connectivity index (χ0n) is 12.4. The number of carbonyl (C=O) groups excluding carboxylic acids is 1. The maximum absolute atomic E-state index is 12.3. The van der Waals surface area contributed by atoms with E-state index in [0.717, 1.165) is 15.8 Å². The van der Waals surface area contributed by atoms with Gasteiger partial charge in [-0.1, -0.05) is 18.2 Å². The molecule has 0 bridgehead atoms. The third kappa shape index (κ3) is 2.91. The highest BCUT2D eigenvalue weighted by Crippen LogP contribution is 2.26. The van der Waals surface area contributed by atoms with Gasteiger partial charge in [0.15, 0.2) is 0 Å². The van der Waals surface area contributed by atoms with Crippen LogP contribution in [0.2, 0.25) is 0 Å². The summed E-state index contributed by atoms with van der Waals surface area (Å²) in [6.07, 6.45) is 0. The van der Waals surface area contributed by atoms with Crippen molar-refractivity contribution in [3.05, 3.63) is 58.9 Å². The second-order valence-corrected chi connectivity index (χ2v) is 6.60. The number of thiophene rings is 1. The summed E-state index contributed by atoms with van der Waals surface area (Å²) in [4.78, 5) is 12.9. The minimum atomic E-state index is -1.24. The van der Waals surface area contributed by atoms with Crippen molar-refractivity contribution in [2.45, 2.75) is 19.4 Å². The van der Waals surface area contributed by atoms with Gasteiger partial charge < -0.3 is 14.8 Å². The minimum Gasteiger partial charge on any atom is -0.463 e. The number of fused-ring (bicyclic) bond motifs is 1. The summed E-state index contributed by atoms with van der Waals surface area (Å²) in [5.74, 6) is 0.984. The Morgan fingerprint density at radius 3 is 2.77 bits per heavy atom. The Labute approximate surface area is 132 Å². The summed E-state index contributed by atoms with van der Waals surface area (Å²) < 4.78 is 6.51. The van der Waals surface area contributed by atoms with Crippen molar-refractivity contribution in [3.8, 4) is 0 Å². The second-order valence-electron chi connectivity index (χ2n) is 5.52. The van der Waals surface area contributed by atoms with Crippen LogP contribution in [0, 0.1) is 6.92 Å². The standard InChI is InChI=1S/C17H17NO3S/c1-11-7-8-15(21-11)17(2,20)10-18-16(19)14-9-12-5-3-4-6-13(12)22-14/h3-9,20H,10H2,1-2H3,(H,18,19). The van der Waals surface area contributed by atoms with Crippen LogP contribution in [0.3, 0.4) is 0 Å². The summed E-state index contributed by atoms with van der Waals surface area (Å²) in [5.41, 5.74) is -1.24. The molecule has 0 aliphatic carbocycles. The smallest absolute Gasteiger partial charge is 0.261 e. The quantitative estimate of drug-likeness (QED) is 0.775. The Morgan fingerprint density at radius 1 is 1.32 bits per heavy atom. The first-order chi connectivity index (χ1) is 10.5. The molecule has 2 aromatic heterocycles. The Bertz CT molecular complexity index is 783. The first kappa shape index (κ1) is 14.8. The molecule has 0 saturated heterocycles. The number of aryl methyl sites for hydroxylation is 1. The first-order valence-electron chi connectivity index (χ1n) is 7.02. The largest absolute Gasteiger partial charge is 0.463 e. The normalized spacial score (nSPS) is 14.0. The molecule has 3 rings (SSSR count). The summed E-state index contributed by atoms with van der Waals surface area (Å²) in [6.45, 7) is 3.53. The summed E-state index contributed by atoms with van der Waals surface area (Å²) in [5, 5.41) is 14.2. The summed E-state index contributed by atoms with van der Waals surface area (Å²) >= 11 is 1.44. The monoisotopic (exact) mass is 315 g/mol. The van der Waals surface area contributed by atoms with E-state index < -0.39 is 5.60 Å². The molecular formula is C17H17NO3S. The lowest BCUT2D eigenvalue weighted by molar-refractivity contribution is 0.0324. The van der Waals surface area contributed by atoms with Crippen molar-refractivity contribution < 1.29 is 14.3 Å². The molecule has 0 saturated carbocycles. The van der Waals surface area contributed by atoms with Crippen molar-refractivity contribution in [1.29, 1.82) is 0 Å². The van der Waals surface area contributed by atoms with Crippen LogP contribution in [-0.4, -0.2) is 17.6 Å². The van der Waals surface area contributed by atoms with E-state index in [0.29, 0.717) is 10.6 Å². The van der Waals surface area contributed by atoms with Gasteiger partial charge in [-0.2, -0.15) is 0 Å². The van der Waals surface area contributed by atoms with Gasteiger partial charge >= 0.3 is 0 Å². The fourth-order valence-electron chi connectivity index (χ4n) is 2.24. The molecule has 2 N–H and O–H groups in total. The predicted octanol–water partition coefficient (Wildman–Crippen LogP) is 3.44. The third-order valence-electron chi connectivity index (χ3n) is 3.51. The molecule has 1 amide bonds. The van der Waals surface area contributed by atoms with Gasteiger partial charge in [0.25, 0.3) is 5.91 Å². The number of amides is 1. The number of hydrogen-bond acceptors (Lipinski definition) is 4. The number of furan rings is 1. The highest BCUT2D eigenvalue weighted by Gasteiger charge is 2.27. The molecule has 0 spiro atoms. The van der Waals surface area contributed by atoms with E-state index in [1.165, 1.54) is 11.3 Å². The molecule has 0 fully saturated rings. The predicted molar refractivity (Wildman–Crippen MR) is 87.2 cm³/mol. The topological polar surface area (TPSA) is 62.5 Å². The molecule has 0 aliphatic rings. The maximum Gasteiger partial charge on any atom is 0.261 e. The van der Waals surface area contributed by atoms with E-state index in [9.17, 15) is 9.90 Å². The van der Waals surface area contributed by atoms with E-state index in [-0.39, 0.29) is 12.5 Å².